The second-order valence-corrected chi connectivity index (χ2v) is 7.44. The van der Waals surface area contributed by atoms with E-state index in [0.29, 0.717) is 5.56 Å². The first-order chi connectivity index (χ1) is 10.4. The van der Waals surface area contributed by atoms with Crippen molar-refractivity contribution in [2.24, 2.45) is 0 Å². The van der Waals surface area contributed by atoms with E-state index >= 15 is 0 Å². The van der Waals surface area contributed by atoms with E-state index in [-0.39, 0.29) is 11.4 Å². The zero-order chi connectivity index (χ0) is 16.2. The van der Waals surface area contributed by atoms with Gasteiger partial charge in [-0.3, -0.25) is 0 Å². The summed E-state index contributed by atoms with van der Waals surface area (Å²) in [7, 11) is -3.92. The van der Waals surface area contributed by atoms with Gasteiger partial charge < -0.3 is 9.90 Å². The monoisotopic (exact) mass is 382 g/mol. The van der Waals surface area contributed by atoms with Gasteiger partial charge in [-0.1, -0.05) is 46.3 Å². The van der Waals surface area contributed by atoms with E-state index < -0.39 is 22.5 Å². The van der Waals surface area contributed by atoms with Gasteiger partial charge in [0.25, 0.3) is 0 Å². The van der Waals surface area contributed by atoms with Gasteiger partial charge in [-0.2, -0.15) is 4.31 Å². The maximum absolute atomic E-state index is 12.6. The molecule has 0 fully saturated rings. The molecular weight excluding hydrogens is 370 g/mol. The predicted molar refractivity (Wildman–Crippen MR) is 83.2 cm³/mol. The van der Waals surface area contributed by atoms with Crippen molar-refractivity contribution >= 4 is 31.9 Å². The average Bonchev–Trinajstić information content (AvgIpc) is 2.47. The quantitative estimate of drug-likeness (QED) is 0.756. The number of carbonyl (C=O) groups is 1. The molecule has 0 saturated heterocycles. The summed E-state index contributed by atoms with van der Waals surface area (Å²) >= 11 is 3.23. The summed E-state index contributed by atoms with van der Waals surface area (Å²) in [5.74, 6) is -1.45. The van der Waals surface area contributed by atoms with Gasteiger partial charge in [-0.05, 0) is 29.8 Å². The highest BCUT2D eigenvalue weighted by atomic mass is 79.9. The van der Waals surface area contributed by atoms with Crippen molar-refractivity contribution in [2.45, 2.75) is 11.4 Å². The van der Waals surface area contributed by atoms with Crippen LogP contribution < -0.4 is 5.11 Å². The van der Waals surface area contributed by atoms with Crippen LogP contribution in [0, 0.1) is 0 Å². The van der Waals surface area contributed by atoms with Gasteiger partial charge in [0.05, 0.1) is 17.4 Å². The molecule has 0 atom stereocenters. The summed E-state index contributed by atoms with van der Waals surface area (Å²) in [6, 6.07) is 14.8. The Labute approximate surface area is 137 Å². The molecule has 5 nitrogen and oxygen atoms in total. The van der Waals surface area contributed by atoms with Crippen LogP contribution in [0.5, 0.6) is 0 Å². The van der Waals surface area contributed by atoms with E-state index in [9.17, 15) is 18.3 Å². The topological polar surface area (TPSA) is 77.5 Å². The van der Waals surface area contributed by atoms with Crippen LogP contribution in [0.4, 0.5) is 0 Å². The number of hydrogen-bond acceptors (Lipinski definition) is 4. The molecule has 0 aromatic heterocycles. The molecule has 2 rings (SSSR count). The number of benzene rings is 2. The molecule has 116 valence electrons. The van der Waals surface area contributed by atoms with Crippen molar-refractivity contribution in [1.29, 1.82) is 0 Å². The van der Waals surface area contributed by atoms with Crippen molar-refractivity contribution in [3.05, 3.63) is 64.6 Å². The molecule has 0 amide bonds. The van der Waals surface area contributed by atoms with Crippen LogP contribution >= 0.6 is 15.9 Å². The van der Waals surface area contributed by atoms with Crippen molar-refractivity contribution in [2.75, 3.05) is 6.54 Å². The number of aliphatic carboxylic acids is 1. The highest BCUT2D eigenvalue weighted by Crippen LogP contribution is 2.20. The first-order valence-corrected chi connectivity index (χ1v) is 8.62. The van der Waals surface area contributed by atoms with E-state index in [0.717, 1.165) is 8.78 Å². The zero-order valence-electron chi connectivity index (χ0n) is 11.5. The lowest BCUT2D eigenvalue weighted by Crippen LogP contribution is -2.41. The van der Waals surface area contributed by atoms with E-state index in [1.807, 2.05) is 0 Å². The minimum atomic E-state index is -3.92. The lowest BCUT2D eigenvalue weighted by atomic mass is 10.2. The molecule has 0 radical (unpaired) electrons. The predicted octanol–water partition coefficient (Wildman–Crippen LogP) is 1.39. The number of nitrogens with zero attached hydrogens (tertiary/aromatic N) is 1. The van der Waals surface area contributed by atoms with Crippen LogP contribution in [0.2, 0.25) is 0 Å². The Bertz CT molecular complexity index is 745. The van der Waals surface area contributed by atoms with Crippen molar-refractivity contribution in [1.82, 2.24) is 4.31 Å². The minimum Gasteiger partial charge on any atom is -0.549 e. The van der Waals surface area contributed by atoms with E-state index in [1.165, 1.54) is 12.1 Å². The van der Waals surface area contributed by atoms with Gasteiger partial charge in [-0.15, -0.1) is 0 Å². The number of halogens is 1. The third kappa shape index (κ3) is 4.16. The molecule has 2 aromatic carbocycles. The Balaban J connectivity index is 2.35. The fraction of sp³-hybridized carbons (Fsp3) is 0.133. The van der Waals surface area contributed by atoms with Crippen LogP contribution in [-0.2, 0) is 21.4 Å². The summed E-state index contributed by atoms with van der Waals surface area (Å²) in [4.78, 5) is 10.9. The molecular formula is C15H13BrNO4S-. The SMILES string of the molecule is O=C([O-])CN(Cc1ccccc1)S(=O)(=O)c1ccc(Br)cc1. The maximum atomic E-state index is 12.6. The smallest absolute Gasteiger partial charge is 0.243 e. The Morgan fingerprint density at radius 3 is 2.18 bits per heavy atom. The largest absolute Gasteiger partial charge is 0.549 e. The van der Waals surface area contributed by atoms with E-state index in [4.69, 9.17) is 0 Å². The molecule has 0 spiro atoms. The van der Waals surface area contributed by atoms with Gasteiger partial charge in [0.1, 0.15) is 0 Å². The number of rotatable bonds is 6. The van der Waals surface area contributed by atoms with Crippen LogP contribution in [0.1, 0.15) is 5.56 Å². The molecule has 0 bridgehead atoms. The summed E-state index contributed by atoms with van der Waals surface area (Å²) in [6.45, 7) is -0.736. The first kappa shape index (κ1) is 16.7. The lowest BCUT2D eigenvalue weighted by Gasteiger charge is -2.22. The first-order valence-electron chi connectivity index (χ1n) is 6.39. The second kappa shape index (κ2) is 7.04. The van der Waals surface area contributed by atoms with Gasteiger partial charge in [0, 0.05) is 11.0 Å². The van der Waals surface area contributed by atoms with E-state index in [2.05, 4.69) is 15.9 Å². The Morgan fingerprint density at radius 2 is 1.64 bits per heavy atom. The average molecular weight is 383 g/mol. The lowest BCUT2D eigenvalue weighted by molar-refractivity contribution is -0.305. The number of sulfonamides is 1. The van der Waals surface area contributed by atoms with E-state index in [1.54, 1.807) is 42.5 Å². The second-order valence-electron chi connectivity index (χ2n) is 4.58. The van der Waals surface area contributed by atoms with Gasteiger partial charge in [-0.25, -0.2) is 8.42 Å². The molecule has 0 unspecified atom stereocenters. The van der Waals surface area contributed by atoms with Crippen LogP contribution in [0.25, 0.3) is 0 Å². The van der Waals surface area contributed by atoms with Gasteiger partial charge in [0.15, 0.2) is 0 Å². The standard InChI is InChI=1S/C15H14BrNO4S/c16-13-6-8-14(9-7-13)22(20,21)17(11-15(18)19)10-12-4-2-1-3-5-12/h1-9H,10-11H2,(H,18,19)/p-1. The summed E-state index contributed by atoms with van der Waals surface area (Å²) < 4.78 is 26.8. The molecule has 0 aliphatic carbocycles. The highest BCUT2D eigenvalue weighted by molar-refractivity contribution is 9.10. The van der Waals surface area contributed by atoms with Crippen molar-refractivity contribution < 1.29 is 18.3 Å². The van der Waals surface area contributed by atoms with Gasteiger partial charge in [0.2, 0.25) is 10.0 Å². The van der Waals surface area contributed by atoms with Gasteiger partial charge >= 0.3 is 0 Å². The molecule has 0 aliphatic rings. The third-order valence-corrected chi connectivity index (χ3v) is 5.29. The number of carboxylic acid groups (broad SMARTS) is 1. The molecule has 0 aliphatic heterocycles. The van der Waals surface area contributed by atoms with Crippen molar-refractivity contribution in [3.8, 4) is 0 Å². The fourth-order valence-corrected chi connectivity index (χ4v) is 3.55. The van der Waals surface area contributed by atoms with Crippen LogP contribution in [0.3, 0.4) is 0 Å². The number of hydrogen-bond donors (Lipinski definition) is 0. The summed E-state index contributed by atoms with van der Waals surface area (Å²) in [5, 5.41) is 10.9. The number of carboxylic acids is 1. The van der Waals surface area contributed by atoms with Crippen LogP contribution in [-0.4, -0.2) is 25.2 Å². The molecule has 2 aromatic rings. The zero-order valence-corrected chi connectivity index (χ0v) is 13.9. The molecule has 22 heavy (non-hydrogen) atoms. The Morgan fingerprint density at radius 1 is 1.05 bits per heavy atom. The molecule has 0 saturated carbocycles. The maximum Gasteiger partial charge on any atom is 0.243 e. The van der Waals surface area contributed by atoms with Crippen molar-refractivity contribution in [3.63, 3.8) is 0 Å². The third-order valence-electron chi connectivity index (χ3n) is 2.96. The highest BCUT2D eigenvalue weighted by Gasteiger charge is 2.24. The molecule has 0 N–H and O–H groups in total. The fourth-order valence-electron chi connectivity index (χ4n) is 1.91. The molecule has 7 heteroatoms. The Hall–Kier alpha value is -1.70. The molecule has 0 heterocycles. The Kier molecular flexibility index (Phi) is 5.33. The van der Waals surface area contributed by atoms with Crippen LogP contribution in [0.15, 0.2) is 64.0 Å². The summed E-state index contributed by atoms with van der Waals surface area (Å²) in [6.07, 6.45) is 0. The normalized spacial score (nSPS) is 11.5. The number of carbonyl (C=O) groups excluding carboxylic acids is 1. The summed E-state index contributed by atoms with van der Waals surface area (Å²) in [5.41, 5.74) is 0.699. The minimum absolute atomic E-state index is 0.0345.